The largest absolute Gasteiger partial charge is 0.0649 e. The average molecular weight is 250 g/mol. The number of hydrogen-bond acceptors (Lipinski definition) is 0. The maximum Gasteiger partial charge on any atom is -0.0357 e. The highest BCUT2D eigenvalue weighted by molar-refractivity contribution is 4.87. The third-order valence-electron chi connectivity index (χ3n) is 6.21. The Morgan fingerprint density at radius 3 is 2.56 bits per heavy atom. The van der Waals surface area contributed by atoms with E-state index in [0.29, 0.717) is 5.41 Å². The second-order valence-electron chi connectivity index (χ2n) is 8.09. The molecule has 4 atom stereocenters. The summed E-state index contributed by atoms with van der Waals surface area (Å²) in [6.45, 7) is 9.73. The summed E-state index contributed by atoms with van der Waals surface area (Å²) in [6.07, 6.45) is 13.5. The van der Waals surface area contributed by atoms with Crippen LogP contribution in [0.1, 0.15) is 85.5 Å². The van der Waals surface area contributed by atoms with E-state index in [2.05, 4.69) is 27.7 Å². The summed E-state index contributed by atoms with van der Waals surface area (Å²) in [6, 6.07) is 0. The van der Waals surface area contributed by atoms with Gasteiger partial charge in [-0.15, -0.1) is 0 Å². The van der Waals surface area contributed by atoms with Crippen molar-refractivity contribution in [2.24, 2.45) is 29.1 Å². The third kappa shape index (κ3) is 3.52. The van der Waals surface area contributed by atoms with Crippen molar-refractivity contribution >= 4 is 0 Å². The van der Waals surface area contributed by atoms with Gasteiger partial charge in [-0.2, -0.15) is 0 Å². The maximum absolute atomic E-state index is 2.47. The molecule has 2 aliphatic carbocycles. The van der Waals surface area contributed by atoms with Gasteiger partial charge in [0.05, 0.1) is 0 Å². The van der Waals surface area contributed by atoms with Crippen molar-refractivity contribution < 1.29 is 0 Å². The Kier molecular flexibility index (Phi) is 4.78. The van der Waals surface area contributed by atoms with Crippen molar-refractivity contribution in [2.75, 3.05) is 0 Å². The fraction of sp³-hybridized carbons (Fsp3) is 1.00. The van der Waals surface area contributed by atoms with Crippen molar-refractivity contribution in [3.8, 4) is 0 Å². The summed E-state index contributed by atoms with van der Waals surface area (Å²) in [4.78, 5) is 0. The van der Waals surface area contributed by atoms with E-state index in [1.807, 2.05) is 0 Å². The van der Waals surface area contributed by atoms with Gasteiger partial charge in [0.2, 0.25) is 0 Å². The van der Waals surface area contributed by atoms with Crippen molar-refractivity contribution in [3.63, 3.8) is 0 Å². The molecule has 0 aliphatic heterocycles. The fourth-order valence-corrected chi connectivity index (χ4v) is 4.44. The first-order valence-electron chi connectivity index (χ1n) is 8.52. The van der Waals surface area contributed by atoms with Crippen LogP contribution in [0.25, 0.3) is 0 Å². The van der Waals surface area contributed by atoms with Crippen molar-refractivity contribution in [1.82, 2.24) is 0 Å². The van der Waals surface area contributed by atoms with E-state index in [0.717, 1.165) is 23.7 Å². The molecule has 0 heterocycles. The average Bonchev–Trinajstić information content (AvgIpc) is 2.36. The van der Waals surface area contributed by atoms with E-state index in [1.165, 1.54) is 38.5 Å². The van der Waals surface area contributed by atoms with Crippen molar-refractivity contribution in [2.45, 2.75) is 85.5 Å². The number of hydrogen-bond donors (Lipinski definition) is 0. The van der Waals surface area contributed by atoms with Gasteiger partial charge in [0.25, 0.3) is 0 Å². The molecule has 0 bridgehead atoms. The van der Waals surface area contributed by atoms with Gasteiger partial charge in [0, 0.05) is 0 Å². The van der Waals surface area contributed by atoms with Crippen LogP contribution >= 0.6 is 0 Å². The van der Waals surface area contributed by atoms with E-state index >= 15 is 0 Å². The molecule has 0 spiro atoms. The quantitative estimate of drug-likeness (QED) is 0.569. The molecule has 18 heavy (non-hydrogen) atoms. The van der Waals surface area contributed by atoms with E-state index < -0.39 is 0 Å². The second-order valence-corrected chi connectivity index (χ2v) is 8.09. The molecule has 0 heteroatoms. The molecule has 4 unspecified atom stereocenters. The first-order chi connectivity index (χ1) is 8.52. The molecule has 0 aromatic heterocycles. The minimum Gasteiger partial charge on any atom is -0.0649 e. The minimum absolute atomic E-state index is 0.578. The summed E-state index contributed by atoms with van der Waals surface area (Å²) < 4.78 is 0. The molecule has 0 nitrogen and oxygen atoms in total. The smallest absolute Gasteiger partial charge is 0.0357 e. The molecule has 2 aliphatic rings. The maximum atomic E-state index is 2.47. The highest BCUT2D eigenvalue weighted by Crippen LogP contribution is 2.47. The van der Waals surface area contributed by atoms with Gasteiger partial charge in [-0.05, 0) is 54.8 Å². The zero-order chi connectivity index (χ0) is 13.2. The Morgan fingerprint density at radius 2 is 1.83 bits per heavy atom. The van der Waals surface area contributed by atoms with Crippen LogP contribution in [0.4, 0.5) is 0 Å². The molecule has 2 rings (SSSR count). The lowest BCUT2D eigenvalue weighted by Crippen LogP contribution is -2.33. The Labute approximate surface area is 115 Å². The summed E-state index contributed by atoms with van der Waals surface area (Å²) in [5.74, 6) is 4.28. The monoisotopic (exact) mass is 250 g/mol. The molecule has 0 N–H and O–H groups in total. The van der Waals surface area contributed by atoms with Gasteiger partial charge >= 0.3 is 0 Å². The normalized spacial score (nSPS) is 37.3. The van der Waals surface area contributed by atoms with Crippen LogP contribution < -0.4 is 0 Å². The summed E-state index contributed by atoms with van der Waals surface area (Å²) >= 11 is 0. The molecule has 2 saturated carbocycles. The second kappa shape index (κ2) is 5.97. The van der Waals surface area contributed by atoms with Gasteiger partial charge < -0.3 is 0 Å². The predicted octanol–water partition coefficient (Wildman–Crippen LogP) is 6.06. The van der Waals surface area contributed by atoms with Gasteiger partial charge in [-0.1, -0.05) is 59.8 Å². The Balaban J connectivity index is 1.88. The van der Waals surface area contributed by atoms with Crippen LogP contribution in [-0.4, -0.2) is 0 Å². The summed E-state index contributed by atoms with van der Waals surface area (Å²) in [5.41, 5.74) is 0.578. The van der Waals surface area contributed by atoms with Crippen molar-refractivity contribution in [1.29, 1.82) is 0 Å². The van der Waals surface area contributed by atoms with Crippen LogP contribution in [0.3, 0.4) is 0 Å². The first-order valence-corrected chi connectivity index (χ1v) is 8.52. The summed E-state index contributed by atoms with van der Waals surface area (Å²) in [5, 5.41) is 0. The lowest BCUT2D eigenvalue weighted by atomic mass is 9.62. The first kappa shape index (κ1) is 14.4. The zero-order valence-corrected chi connectivity index (χ0v) is 13.2. The minimum atomic E-state index is 0.578. The van der Waals surface area contributed by atoms with E-state index in [9.17, 15) is 0 Å². The van der Waals surface area contributed by atoms with Crippen LogP contribution in [0.15, 0.2) is 0 Å². The van der Waals surface area contributed by atoms with E-state index in [4.69, 9.17) is 0 Å². The van der Waals surface area contributed by atoms with Crippen molar-refractivity contribution in [3.05, 3.63) is 0 Å². The topological polar surface area (TPSA) is 0 Å². The molecule has 0 aromatic rings. The lowest BCUT2D eigenvalue weighted by molar-refractivity contribution is 0.0675. The molecular weight excluding hydrogens is 216 g/mol. The summed E-state index contributed by atoms with van der Waals surface area (Å²) in [7, 11) is 0. The van der Waals surface area contributed by atoms with Crippen LogP contribution in [0.5, 0.6) is 0 Å². The van der Waals surface area contributed by atoms with E-state index in [-0.39, 0.29) is 0 Å². The zero-order valence-electron chi connectivity index (χ0n) is 13.2. The molecular formula is C18H34. The lowest BCUT2D eigenvalue weighted by Gasteiger charge is -2.44. The van der Waals surface area contributed by atoms with Gasteiger partial charge in [0.1, 0.15) is 0 Å². The van der Waals surface area contributed by atoms with Gasteiger partial charge in [0.15, 0.2) is 0 Å². The molecule has 0 amide bonds. The SMILES string of the molecule is CCC(C)(C)CCC1CCCC2CC(C)CCC12. The molecule has 106 valence electrons. The fourth-order valence-electron chi connectivity index (χ4n) is 4.44. The van der Waals surface area contributed by atoms with Crippen LogP contribution in [0, 0.1) is 29.1 Å². The number of rotatable bonds is 4. The van der Waals surface area contributed by atoms with E-state index in [1.54, 1.807) is 19.3 Å². The molecule has 2 fully saturated rings. The highest BCUT2D eigenvalue weighted by atomic mass is 14.4. The Morgan fingerprint density at radius 1 is 1.06 bits per heavy atom. The van der Waals surface area contributed by atoms with Crippen LogP contribution in [-0.2, 0) is 0 Å². The van der Waals surface area contributed by atoms with Gasteiger partial charge in [-0.25, -0.2) is 0 Å². The Bertz CT molecular complexity index is 253. The van der Waals surface area contributed by atoms with Crippen LogP contribution in [0.2, 0.25) is 0 Å². The highest BCUT2D eigenvalue weighted by Gasteiger charge is 2.36. The molecule has 0 radical (unpaired) electrons. The Hall–Kier alpha value is 0. The van der Waals surface area contributed by atoms with Gasteiger partial charge in [-0.3, -0.25) is 0 Å². The third-order valence-corrected chi connectivity index (χ3v) is 6.21. The number of fused-ring (bicyclic) bond motifs is 1. The molecule has 0 aromatic carbocycles. The predicted molar refractivity (Wildman–Crippen MR) is 80.6 cm³/mol. The standard InChI is InChI=1S/C18H34/c1-5-18(3,4)12-11-15-7-6-8-16-13-14(2)9-10-17(15)16/h14-17H,5-13H2,1-4H3. The molecule has 0 saturated heterocycles.